The highest BCUT2D eigenvalue weighted by Crippen LogP contribution is 2.31. The predicted octanol–water partition coefficient (Wildman–Crippen LogP) is 1.78. The number of hydrogen-bond donors (Lipinski definition) is 2. The van der Waals surface area contributed by atoms with E-state index in [0.29, 0.717) is 6.07 Å². The molecule has 5 nitrogen and oxygen atoms in total. The van der Waals surface area contributed by atoms with Gasteiger partial charge < -0.3 is 14.9 Å². The van der Waals surface area contributed by atoms with Crippen LogP contribution in [0.2, 0.25) is 0 Å². The normalized spacial score (nSPS) is 11.3. The topological polar surface area (TPSA) is 79.7 Å². The van der Waals surface area contributed by atoms with Crippen LogP contribution >= 0.6 is 0 Å². The quantitative estimate of drug-likeness (QED) is 0.814. The fraction of sp³-hybridized carbons (Fsp3) is 0.333. The van der Waals surface area contributed by atoms with Gasteiger partial charge in [-0.15, -0.1) is 13.2 Å². The zero-order valence-corrected chi connectivity index (χ0v) is 8.66. The van der Waals surface area contributed by atoms with E-state index in [2.05, 4.69) is 9.72 Å². The summed E-state index contributed by atoms with van der Waals surface area (Å²) in [4.78, 5) is 13.7. The highest BCUT2D eigenvalue weighted by molar-refractivity contribution is 5.70. The number of pyridine rings is 1. The van der Waals surface area contributed by atoms with Gasteiger partial charge in [-0.1, -0.05) is 0 Å². The molecule has 1 rings (SSSR count). The Labute approximate surface area is 97.6 Å². The van der Waals surface area contributed by atoms with Gasteiger partial charge in [0.15, 0.2) is 5.75 Å². The Bertz CT molecular complexity index is 461. The molecule has 0 aliphatic carbocycles. The molecular formula is C9H7F4NO4. The van der Waals surface area contributed by atoms with Crippen molar-refractivity contribution < 1.29 is 37.3 Å². The summed E-state index contributed by atoms with van der Waals surface area (Å²) in [6.45, 7) is -1.25. The van der Waals surface area contributed by atoms with Crippen molar-refractivity contribution in [2.75, 3.05) is 0 Å². The zero-order chi connectivity index (χ0) is 13.9. The van der Waals surface area contributed by atoms with E-state index >= 15 is 0 Å². The van der Waals surface area contributed by atoms with Crippen LogP contribution in [0.4, 0.5) is 17.6 Å². The van der Waals surface area contributed by atoms with Gasteiger partial charge in [0.25, 0.3) is 0 Å². The third-order valence-electron chi connectivity index (χ3n) is 1.79. The number of carboxylic acids is 1. The van der Waals surface area contributed by atoms with Crippen LogP contribution in [0.15, 0.2) is 6.07 Å². The van der Waals surface area contributed by atoms with Crippen molar-refractivity contribution in [2.45, 2.75) is 19.5 Å². The third kappa shape index (κ3) is 3.75. The Balaban J connectivity index is 3.20. The fourth-order valence-electron chi connectivity index (χ4n) is 1.15. The number of hydrogen-bond acceptors (Lipinski definition) is 4. The van der Waals surface area contributed by atoms with E-state index in [9.17, 15) is 22.4 Å². The molecule has 0 atom stereocenters. The largest absolute Gasteiger partial charge is 0.573 e. The highest BCUT2D eigenvalue weighted by Gasteiger charge is 2.33. The van der Waals surface area contributed by atoms with E-state index in [1.807, 2.05) is 0 Å². The van der Waals surface area contributed by atoms with Gasteiger partial charge in [-0.05, 0) is 0 Å². The zero-order valence-electron chi connectivity index (χ0n) is 8.66. The Morgan fingerprint density at radius 3 is 2.44 bits per heavy atom. The van der Waals surface area contributed by atoms with Crippen LogP contribution < -0.4 is 4.74 Å². The first-order valence-electron chi connectivity index (χ1n) is 4.48. The molecule has 0 spiro atoms. The highest BCUT2D eigenvalue weighted by atomic mass is 19.4. The molecule has 0 aliphatic rings. The van der Waals surface area contributed by atoms with Gasteiger partial charge in [-0.25, -0.2) is 9.37 Å². The lowest BCUT2D eigenvalue weighted by Crippen LogP contribution is -2.19. The Morgan fingerprint density at radius 2 is 2.00 bits per heavy atom. The minimum absolute atomic E-state index is 0.480. The van der Waals surface area contributed by atoms with Gasteiger partial charge in [0, 0.05) is 6.07 Å². The van der Waals surface area contributed by atoms with Crippen molar-refractivity contribution in [1.29, 1.82) is 0 Å². The maximum Gasteiger partial charge on any atom is 0.573 e. The van der Waals surface area contributed by atoms with Crippen LogP contribution in [-0.4, -0.2) is 27.5 Å². The van der Waals surface area contributed by atoms with Gasteiger partial charge >= 0.3 is 12.3 Å². The van der Waals surface area contributed by atoms with Gasteiger partial charge in [0.2, 0.25) is 0 Å². The molecule has 1 aromatic rings. The molecule has 1 heterocycles. The van der Waals surface area contributed by atoms with E-state index in [0.717, 1.165) is 0 Å². The fourth-order valence-corrected chi connectivity index (χ4v) is 1.15. The smallest absolute Gasteiger partial charge is 0.506 e. The number of aliphatic carboxylic acids is 1. The minimum atomic E-state index is -5.07. The molecule has 0 amide bonds. The first kappa shape index (κ1) is 14.0. The number of halogens is 4. The summed E-state index contributed by atoms with van der Waals surface area (Å²) < 4.78 is 51.9. The molecular weight excluding hydrogens is 262 g/mol. The standard InChI is InChI=1S/C9H7F4NO4/c10-3-5-6(15)2-7(18-9(11,12)13)4(14-5)1-8(16)17/h2,15H,1,3H2,(H,16,17). The molecule has 0 unspecified atom stereocenters. The first-order chi connectivity index (χ1) is 8.23. The lowest BCUT2D eigenvalue weighted by atomic mass is 10.2. The number of aromatic nitrogens is 1. The maximum absolute atomic E-state index is 12.3. The summed E-state index contributed by atoms with van der Waals surface area (Å²) >= 11 is 0. The molecule has 0 radical (unpaired) electrons. The average Bonchev–Trinajstić information content (AvgIpc) is 2.19. The number of nitrogens with zero attached hydrogens (tertiary/aromatic N) is 1. The van der Waals surface area contributed by atoms with E-state index in [4.69, 9.17) is 10.2 Å². The van der Waals surface area contributed by atoms with Crippen LogP contribution in [0.5, 0.6) is 11.5 Å². The van der Waals surface area contributed by atoms with Crippen molar-refractivity contribution in [2.24, 2.45) is 0 Å². The number of ether oxygens (including phenoxy) is 1. The third-order valence-corrected chi connectivity index (χ3v) is 1.79. The maximum atomic E-state index is 12.3. The molecule has 9 heteroatoms. The summed E-state index contributed by atoms with van der Waals surface area (Å²) in [6.07, 6.45) is -5.96. The summed E-state index contributed by atoms with van der Waals surface area (Å²) in [5, 5.41) is 17.6. The monoisotopic (exact) mass is 269 g/mol. The molecule has 18 heavy (non-hydrogen) atoms. The molecule has 0 saturated heterocycles. The molecule has 1 aromatic heterocycles. The Morgan fingerprint density at radius 1 is 1.39 bits per heavy atom. The second kappa shape index (κ2) is 5.07. The molecule has 0 aromatic carbocycles. The predicted molar refractivity (Wildman–Crippen MR) is 48.7 cm³/mol. The minimum Gasteiger partial charge on any atom is -0.506 e. The Kier molecular flexibility index (Phi) is 3.94. The van der Waals surface area contributed by atoms with Gasteiger partial charge in [-0.2, -0.15) is 0 Å². The molecule has 100 valence electrons. The van der Waals surface area contributed by atoms with Gasteiger partial charge in [-0.3, -0.25) is 4.79 Å². The van der Waals surface area contributed by atoms with Crippen molar-refractivity contribution in [3.63, 3.8) is 0 Å². The van der Waals surface area contributed by atoms with Crippen molar-refractivity contribution >= 4 is 5.97 Å². The van der Waals surface area contributed by atoms with Gasteiger partial charge in [0.1, 0.15) is 18.1 Å². The van der Waals surface area contributed by atoms with Crippen LogP contribution in [0, 0.1) is 0 Å². The average molecular weight is 269 g/mol. The van der Waals surface area contributed by atoms with Crippen molar-refractivity contribution in [3.05, 3.63) is 17.5 Å². The number of rotatable bonds is 4. The molecule has 0 saturated carbocycles. The number of carboxylic acid groups (broad SMARTS) is 1. The van der Waals surface area contributed by atoms with Crippen molar-refractivity contribution in [1.82, 2.24) is 4.98 Å². The molecule has 0 bridgehead atoms. The summed E-state index contributed by atoms with van der Waals surface area (Å²) in [6, 6.07) is 0.480. The summed E-state index contributed by atoms with van der Waals surface area (Å²) in [7, 11) is 0. The van der Waals surface area contributed by atoms with E-state index in [-0.39, 0.29) is 0 Å². The number of carbonyl (C=O) groups is 1. The summed E-state index contributed by atoms with van der Waals surface area (Å²) in [5.74, 6) is -3.28. The second-order valence-electron chi connectivity index (χ2n) is 3.15. The summed E-state index contributed by atoms with van der Waals surface area (Å²) in [5.41, 5.74) is -1.17. The lowest BCUT2D eigenvalue weighted by Gasteiger charge is -2.13. The lowest BCUT2D eigenvalue weighted by molar-refractivity contribution is -0.275. The van der Waals surface area contributed by atoms with Crippen LogP contribution in [0.25, 0.3) is 0 Å². The molecule has 2 N–H and O–H groups in total. The first-order valence-corrected chi connectivity index (χ1v) is 4.48. The van der Waals surface area contributed by atoms with E-state index in [1.165, 1.54) is 0 Å². The second-order valence-corrected chi connectivity index (χ2v) is 3.15. The van der Waals surface area contributed by atoms with Crippen LogP contribution in [0.3, 0.4) is 0 Å². The van der Waals surface area contributed by atoms with Crippen LogP contribution in [-0.2, 0) is 17.9 Å². The van der Waals surface area contributed by atoms with Crippen LogP contribution in [0.1, 0.15) is 11.4 Å². The van der Waals surface area contributed by atoms with E-state index in [1.54, 1.807) is 0 Å². The number of aromatic hydroxyl groups is 1. The van der Waals surface area contributed by atoms with Gasteiger partial charge in [0.05, 0.1) is 12.1 Å². The SMILES string of the molecule is O=C(O)Cc1nc(CF)c(O)cc1OC(F)(F)F. The Hall–Kier alpha value is -2.06. The molecule has 0 fully saturated rings. The molecule has 0 aliphatic heterocycles. The van der Waals surface area contributed by atoms with Crippen molar-refractivity contribution in [3.8, 4) is 11.5 Å². The van der Waals surface area contributed by atoms with E-state index < -0.39 is 48.3 Å². The number of alkyl halides is 4.